The molecule has 0 saturated carbocycles. The first-order valence-corrected chi connectivity index (χ1v) is 5.43. The van der Waals surface area contributed by atoms with Crippen molar-refractivity contribution < 1.29 is 9.57 Å². The van der Waals surface area contributed by atoms with Crippen molar-refractivity contribution in [2.75, 3.05) is 13.2 Å². The lowest BCUT2D eigenvalue weighted by atomic mass is 10.5. The highest BCUT2D eigenvalue weighted by Gasteiger charge is 1.95. The smallest absolute Gasteiger partial charge is 0.232 e. The van der Waals surface area contributed by atoms with Crippen molar-refractivity contribution in [2.45, 2.75) is 13.3 Å². The number of rotatable bonds is 9. The normalized spacial score (nSPS) is 11.4. The van der Waals surface area contributed by atoms with Crippen molar-refractivity contribution in [1.29, 1.82) is 5.53 Å². The summed E-state index contributed by atoms with van der Waals surface area (Å²) in [6, 6.07) is 0. The van der Waals surface area contributed by atoms with E-state index in [4.69, 9.17) is 15.1 Å². The van der Waals surface area contributed by atoms with E-state index < -0.39 is 0 Å². The second-order valence-corrected chi connectivity index (χ2v) is 3.16. The molecular weight excluding hydrogens is 268 g/mol. The van der Waals surface area contributed by atoms with Crippen molar-refractivity contribution in [3.05, 3.63) is 18.1 Å². The summed E-state index contributed by atoms with van der Waals surface area (Å²) in [6.45, 7) is 2.55. The highest BCUT2D eigenvalue weighted by Crippen LogP contribution is 2.03. The fourth-order valence-electron chi connectivity index (χ4n) is 0.912. The van der Waals surface area contributed by atoms with Gasteiger partial charge in [-0.1, -0.05) is 0 Å². The minimum Gasteiger partial charge on any atom is -0.476 e. The quantitative estimate of drug-likeness (QED) is 0.419. The number of ether oxygens (including phenoxy) is 1. The molecule has 0 amide bonds. The molecule has 1 aromatic rings. The Morgan fingerprint density at radius 1 is 1.05 bits per heavy atom. The first kappa shape index (κ1) is 15.1. The van der Waals surface area contributed by atoms with E-state index in [-0.39, 0.29) is 0 Å². The van der Waals surface area contributed by atoms with Gasteiger partial charge in [0.2, 0.25) is 5.88 Å². The Hall–Kier alpha value is -2.92. The van der Waals surface area contributed by atoms with Crippen LogP contribution >= 0.6 is 0 Å². The van der Waals surface area contributed by atoms with Crippen molar-refractivity contribution in [1.82, 2.24) is 9.97 Å². The van der Waals surface area contributed by atoms with E-state index in [1.807, 2.05) is 6.92 Å². The molecule has 20 heavy (non-hydrogen) atoms. The number of aryl methyl sites for hydroxylation is 1. The Bertz CT molecular complexity index is 471. The number of nitrogens with one attached hydrogen (secondary N) is 1. The van der Waals surface area contributed by atoms with Gasteiger partial charge >= 0.3 is 0 Å². The van der Waals surface area contributed by atoms with Crippen LogP contribution in [-0.4, -0.2) is 23.2 Å². The van der Waals surface area contributed by atoms with E-state index in [0.717, 1.165) is 5.69 Å². The molecule has 1 aromatic heterocycles. The third-order valence-corrected chi connectivity index (χ3v) is 1.69. The van der Waals surface area contributed by atoms with Gasteiger partial charge < -0.3 is 9.57 Å². The van der Waals surface area contributed by atoms with Gasteiger partial charge in [0.05, 0.1) is 24.7 Å². The number of hydrogen-bond donors (Lipinski definition) is 1. The summed E-state index contributed by atoms with van der Waals surface area (Å²) in [5.74, 6) is 0.455. The molecule has 0 bridgehead atoms. The predicted molar refractivity (Wildman–Crippen MR) is 62.5 cm³/mol. The van der Waals surface area contributed by atoms with Gasteiger partial charge in [-0.05, 0) is 22.6 Å². The van der Waals surface area contributed by atoms with Crippen LogP contribution in [0.25, 0.3) is 0 Å². The van der Waals surface area contributed by atoms with Gasteiger partial charge in [-0.15, -0.1) is 0 Å². The van der Waals surface area contributed by atoms with E-state index >= 15 is 0 Å². The van der Waals surface area contributed by atoms with E-state index in [9.17, 15) is 0 Å². The molecule has 1 heterocycles. The van der Waals surface area contributed by atoms with Gasteiger partial charge in [-0.3, -0.25) is 4.98 Å². The van der Waals surface area contributed by atoms with Gasteiger partial charge in [0.25, 0.3) is 0 Å². The molecule has 12 nitrogen and oxygen atoms in total. The van der Waals surface area contributed by atoms with E-state index in [0.29, 0.717) is 25.5 Å². The number of aromatic nitrogens is 2. The Labute approximate surface area is 113 Å². The first-order chi connectivity index (χ1) is 9.83. The van der Waals surface area contributed by atoms with Crippen LogP contribution < -0.4 is 4.74 Å². The molecule has 0 aliphatic carbocycles. The van der Waals surface area contributed by atoms with Crippen molar-refractivity contribution in [3.8, 4) is 5.88 Å². The van der Waals surface area contributed by atoms with E-state index in [1.165, 1.54) is 0 Å². The molecular formula is C8H12N10O2. The molecule has 1 N–H and O–H groups in total. The molecule has 12 heteroatoms. The van der Waals surface area contributed by atoms with Crippen LogP contribution in [0.5, 0.6) is 5.88 Å². The molecule has 0 atom stereocenters. The second kappa shape index (κ2) is 10.0. The predicted octanol–water partition coefficient (Wildman–Crippen LogP) is 2.62. The molecule has 0 fully saturated rings. The summed E-state index contributed by atoms with van der Waals surface area (Å²) < 4.78 is 5.31. The fourth-order valence-corrected chi connectivity index (χ4v) is 0.912. The third kappa shape index (κ3) is 7.41. The largest absolute Gasteiger partial charge is 0.476 e. The zero-order valence-electron chi connectivity index (χ0n) is 10.6. The number of nitrogens with zero attached hydrogens (tertiary/aromatic N) is 9. The first-order valence-electron chi connectivity index (χ1n) is 5.43. The molecule has 106 valence electrons. The molecule has 0 saturated heterocycles. The lowest BCUT2D eigenvalue weighted by Crippen LogP contribution is -2.02. The Kier molecular flexibility index (Phi) is 7.60. The Morgan fingerprint density at radius 3 is 2.60 bits per heavy atom. The van der Waals surface area contributed by atoms with Gasteiger partial charge in [0, 0.05) is 27.4 Å². The van der Waals surface area contributed by atoms with Gasteiger partial charge in [-0.25, -0.2) is 4.98 Å². The topological polar surface area (TPSA) is 155 Å². The molecule has 0 aliphatic rings. The van der Waals surface area contributed by atoms with Gasteiger partial charge in [0.1, 0.15) is 6.61 Å². The van der Waals surface area contributed by atoms with Crippen LogP contribution in [0.15, 0.2) is 49.0 Å². The standard InChI is InChI=1S/C8H12N10O2/c1-7-5-11-8(6-10-7)19-3-2-4-20-18-17-16-15-14-13-12-9/h5-6,9H,2-4H2,1H3. The van der Waals surface area contributed by atoms with Crippen LogP contribution in [-0.2, 0) is 4.84 Å². The summed E-state index contributed by atoms with van der Waals surface area (Å²) in [5.41, 5.74) is 7.08. The van der Waals surface area contributed by atoms with Gasteiger partial charge in [0.15, 0.2) is 0 Å². The average Bonchev–Trinajstić information content (AvgIpc) is 2.47. The van der Waals surface area contributed by atoms with Crippen molar-refractivity contribution >= 4 is 0 Å². The monoisotopic (exact) mass is 280 g/mol. The van der Waals surface area contributed by atoms with Crippen molar-refractivity contribution in [3.63, 3.8) is 0 Å². The minimum atomic E-state index is 0.294. The highest BCUT2D eigenvalue weighted by molar-refractivity contribution is 5.05. The summed E-state index contributed by atoms with van der Waals surface area (Å²) in [6.07, 6.45) is 3.76. The van der Waals surface area contributed by atoms with Crippen LogP contribution in [0.4, 0.5) is 0 Å². The number of hydrogen-bond acceptors (Lipinski definition) is 6. The molecule has 0 unspecified atom stereocenters. The van der Waals surface area contributed by atoms with Gasteiger partial charge in [-0.2, -0.15) is 5.53 Å². The molecule has 0 spiro atoms. The fraction of sp³-hybridized carbons (Fsp3) is 0.500. The summed E-state index contributed by atoms with van der Waals surface area (Å²) in [4.78, 5) is 12.8. The highest BCUT2D eigenvalue weighted by atomic mass is 16.6. The maximum atomic E-state index is 6.25. The lowest BCUT2D eigenvalue weighted by Gasteiger charge is -2.03. The molecule has 0 aliphatic heterocycles. The van der Waals surface area contributed by atoms with Crippen molar-refractivity contribution in [2.24, 2.45) is 36.6 Å². The van der Waals surface area contributed by atoms with E-state index in [1.54, 1.807) is 12.4 Å². The maximum absolute atomic E-state index is 6.25. The lowest BCUT2D eigenvalue weighted by molar-refractivity contribution is 0.107. The zero-order valence-corrected chi connectivity index (χ0v) is 10.6. The zero-order chi connectivity index (χ0) is 14.5. The van der Waals surface area contributed by atoms with Crippen LogP contribution in [0.2, 0.25) is 0 Å². The third-order valence-electron chi connectivity index (χ3n) is 1.69. The average molecular weight is 280 g/mol. The second-order valence-electron chi connectivity index (χ2n) is 3.16. The van der Waals surface area contributed by atoms with E-state index in [2.05, 4.69) is 46.6 Å². The molecule has 1 rings (SSSR count). The molecule has 0 radical (unpaired) electrons. The Morgan fingerprint density at radius 2 is 1.85 bits per heavy atom. The summed E-state index contributed by atoms with van der Waals surface area (Å²) >= 11 is 0. The summed E-state index contributed by atoms with van der Waals surface area (Å²) in [7, 11) is 0. The van der Waals surface area contributed by atoms with Crippen LogP contribution in [0.1, 0.15) is 12.1 Å². The molecule has 0 aromatic carbocycles. The SMILES string of the molecule is Cc1cnc(OCCCON=NN=NN=NN=N)cn1. The van der Waals surface area contributed by atoms with Crippen LogP contribution in [0.3, 0.4) is 0 Å². The Balaban J connectivity index is 2.03. The summed E-state index contributed by atoms with van der Waals surface area (Å²) in [5, 5.41) is 20.9. The van der Waals surface area contributed by atoms with Crippen LogP contribution in [0, 0.1) is 12.5 Å². The maximum Gasteiger partial charge on any atom is 0.232 e. The minimum absolute atomic E-state index is 0.294.